The molecule has 1 fully saturated rings. The molecule has 0 bridgehead atoms. The molecule has 176 valence electrons. The molecule has 0 aliphatic carbocycles. The van der Waals surface area contributed by atoms with E-state index < -0.39 is 35.6 Å². The Hall–Kier alpha value is -3.38. The van der Waals surface area contributed by atoms with E-state index in [0.717, 1.165) is 12.1 Å². The second kappa shape index (κ2) is 8.52. The quantitative estimate of drug-likeness (QED) is 0.419. The third kappa shape index (κ3) is 5.01. The first kappa shape index (κ1) is 22.8. The van der Waals surface area contributed by atoms with Crippen LogP contribution in [0, 0.1) is 5.92 Å². The second-order valence-electron chi connectivity index (χ2n) is 7.55. The monoisotopic (exact) mass is 473 g/mol. The van der Waals surface area contributed by atoms with Crippen molar-refractivity contribution in [1.29, 1.82) is 0 Å². The van der Waals surface area contributed by atoms with Gasteiger partial charge in [-0.15, -0.1) is 15.3 Å². The highest BCUT2D eigenvalue weighted by atomic mass is 19.4. The molecule has 7 nitrogen and oxygen atoms in total. The first-order valence-corrected chi connectivity index (χ1v) is 9.90. The largest absolute Gasteiger partial charge is 0.461 e. The van der Waals surface area contributed by atoms with E-state index in [1.165, 1.54) is 24.3 Å². The molecule has 3 heterocycles. The molecule has 0 unspecified atom stereocenters. The summed E-state index contributed by atoms with van der Waals surface area (Å²) in [4.78, 5) is 14.1. The molecule has 4 rings (SSSR count). The summed E-state index contributed by atoms with van der Waals surface area (Å²) in [5, 5.41) is 10.6. The Kier molecular flexibility index (Phi) is 5.89. The molecule has 33 heavy (non-hydrogen) atoms. The van der Waals surface area contributed by atoms with Crippen LogP contribution in [0.4, 0.5) is 32.2 Å². The molecule has 1 aromatic carbocycles. The number of rotatable bonds is 4. The lowest BCUT2D eigenvalue weighted by molar-refractivity contribution is -0.150. The van der Waals surface area contributed by atoms with Gasteiger partial charge in [0.05, 0.1) is 11.5 Å². The Morgan fingerprint density at radius 2 is 1.73 bits per heavy atom. The van der Waals surface area contributed by atoms with Crippen LogP contribution in [0.15, 0.2) is 36.4 Å². The lowest BCUT2D eigenvalue weighted by Crippen LogP contribution is -2.37. The summed E-state index contributed by atoms with van der Waals surface area (Å²) in [7, 11) is 0. The molecule has 0 radical (unpaired) electrons. The summed E-state index contributed by atoms with van der Waals surface area (Å²) in [5.41, 5.74) is -0.641. The molecule has 1 aliphatic heterocycles. The molecule has 0 saturated carbocycles. The number of halogens is 6. The van der Waals surface area contributed by atoms with E-state index in [1.807, 2.05) is 0 Å². The van der Waals surface area contributed by atoms with Gasteiger partial charge in [0.1, 0.15) is 12.4 Å². The maximum atomic E-state index is 13.1. The van der Waals surface area contributed by atoms with Gasteiger partial charge >= 0.3 is 18.3 Å². The lowest BCUT2D eigenvalue weighted by Gasteiger charge is -2.31. The number of alkyl halides is 6. The number of ether oxygens (including phenoxy) is 1. The molecule has 1 saturated heterocycles. The van der Waals surface area contributed by atoms with Crippen molar-refractivity contribution in [2.24, 2.45) is 5.92 Å². The van der Waals surface area contributed by atoms with Gasteiger partial charge in [0.25, 0.3) is 5.82 Å². The van der Waals surface area contributed by atoms with Gasteiger partial charge in [-0.2, -0.15) is 30.9 Å². The van der Waals surface area contributed by atoms with Crippen molar-refractivity contribution in [3.8, 4) is 0 Å². The van der Waals surface area contributed by atoms with Crippen LogP contribution < -0.4 is 4.90 Å². The average Bonchev–Trinajstić information content (AvgIpc) is 3.21. The van der Waals surface area contributed by atoms with Crippen LogP contribution in [0.1, 0.15) is 29.8 Å². The maximum absolute atomic E-state index is 13.1. The van der Waals surface area contributed by atoms with Crippen LogP contribution in [0.2, 0.25) is 0 Å². The number of carbonyl (C=O) groups excluding carboxylic acids is 1. The number of esters is 1. The summed E-state index contributed by atoms with van der Waals surface area (Å²) in [6.07, 6.45) is -8.48. The molecule has 0 N–H and O–H groups in total. The fraction of sp³-hybridized carbons (Fsp3) is 0.400. The summed E-state index contributed by atoms with van der Waals surface area (Å²) >= 11 is 0. The van der Waals surface area contributed by atoms with E-state index in [-0.39, 0.29) is 23.6 Å². The normalized spacial score (nSPS) is 15.8. The van der Waals surface area contributed by atoms with Crippen molar-refractivity contribution in [3.05, 3.63) is 53.3 Å². The summed E-state index contributed by atoms with van der Waals surface area (Å²) in [5.74, 6) is -1.96. The minimum atomic E-state index is -4.71. The van der Waals surface area contributed by atoms with E-state index in [1.54, 1.807) is 4.90 Å². The Balaban J connectivity index is 1.36. The van der Waals surface area contributed by atoms with Crippen molar-refractivity contribution < 1.29 is 35.9 Å². The number of hydrogen-bond acceptors (Lipinski definition) is 6. The number of benzene rings is 1. The second-order valence-corrected chi connectivity index (χ2v) is 7.55. The number of nitrogens with zero attached hydrogens (tertiary/aromatic N) is 5. The highest BCUT2D eigenvalue weighted by molar-refractivity contribution is 5.73. The lowest BCUT2D eigenvalue weighted by atomic mass is 9.97. The minimum absolute atomic E-state index is 0.0425. The number of piperidine rings is 1. The number of aromatic nitrogens is 4. The summed E-state index contributed by atoms with van der Waals surface area (Å²) < 4.78 is 83.4. The first-order chi connectivity index (χ1) is 15.5. The van der Waals surface area contributed by atoms with Gasteiger partial charge in [0, 0.05) is 13.1 Å². The zero-order valence-corrected chi connectivity index (χ0v) is 16.9. The number of carbonyl (C=O) groups is 1. The van der Waals surface area contributed by atoms with Crippen LogP contribution in [-0.4, -0.2) is 38.9 Å². The Morgan fingerprint density at radius 3 is 2.39 bits per heavy atom. The van der Waals surface area contributed by atoms with Crippen LogP contribution in [-0.2, 0) is 28.5 Å². The van der Waals surface area contributed by atoms with Crippen molar-refractivity contribution in [3.63, 3.8) is 0 Å². The molecule has 2 aromatic heterocycles. The van der Waals surface area contributed by atoms with Gasteiger partial charge in [-0.3, -0.25) is 4.79 Å². The van der Waals surface area contributed by atoms with Crippen molar-refractivity contribution >= 4 is 17.4 Å². The zero-order chi connectivity index (χ0) is 23.8. The predicted molar refractivity (Wildman–Crippen MR) is 102 cm³/mol. The minimum Gasteiger partial charge on any atom is -0.461 e. The third-order valence-electron chi connectivity index (χ3n) is 5.29. The first-order valence-electron chi connectivity index (χ1n) is 9.90. The van der Waals surface area contributed by atoms with Crippen LogP contribution in [0.5, 0.6) is 0 Å². The Labute approximate surface area is 183 Å². The van der Waals surface area contributed by atoms with Crippen molar-refractivity contribution in [2.45, 2.75) is 31.8 Å². The van der Waals surface area contributed by atoms with Gasteiger partial charge in [-0.25, -0.2) is 0 Å². The average molecular weight is 473 g/mol. The van der Waals surface area contributed by atoms with Gasteiger partial charge in [-0.05, 0) is 42.7 Å². The van der Waals surface area contributed by atoms with E-state index in [2.05, 4.69) is 15.3 Å². The molecular formula is C20H17F6N5O2. The van der Waals surface area contributed by atoms with Crippen molar-refractivity contribution in [1.82, 2.24) is 19.8 Å². The molecular weight excluding hydrogens is 456 g/mol. The third-order valence-corrected chi connectivity index (χ3v) is 5.29. The van der Waals surface area contributed by atoms with Gasteiger partial charge in [0.15, 0.2) is 5.65 Å². The molecule has 1 aliphatic rings. The smallest absolute Gasteiger partial charge is 0.453 e. The van der Waals surface area contributed by atoms with Gasteiger partial charge in [-0.1, -0.05) is 12.1 Å². The van der Waals surface area contributed by atoms with Crippen LogP contribution >= 0.6 is 0 Å². The molecule has 13 heteroatoms. The standard InChI is InChI=1S/C20H17F6N5O2/c21-19(22,23)14-3-1-2-12(10-14)11-33-17(32)13-6-8-30(9-7-13)16-5-4-15-27-28-18(20(24,25)26)31(15)29-16/h1-5,10,13H,6-9,11H2. The van der Waals surface area contributed by atoms with Gasteiger partial charge < -0.3 is 9.64 Å². The molecule has 0 atom stereocenters. The van der Waals surface area contributed by atoms with Crippen LogP contribution in [0.25, 0.3) is 5.65 Å². The Bertz CT molecular complexity index is 1150. The molecule has 3 aromatic rings. The fourth-order valence-corrected chi connectivity index (χ4v) is 3.58. The SMILES string of the molecule is O=C(OCc1cccc(C(F)(F)F)c1)C1CCN(c2ccc3nnc(C(F)(F)F)n3n2)CC1. The van der Waals surface area contributed by atoms with Crippen LogP contribution in [0.3, 0.4) is 0 Å². The van der Waals surface area contributed by atoms with E-state index in [0.29, 0.717) is 30.4 Å². The molecule has 0 spiro atoms. The number of hydrogen-bond donors (Lipinski definition) is 0. The maximum Gasteiger partial charge on any atom is 0.453 e. The summed E-state index contributed by atoms with van der Waals surface area (Å²) in [6, 6.07) is 7.44. The number of anilines is 1. The van der Waals surface area contributed by atoms with E-state index >= 15 is 0 Å². The zero-order valence-electron chi connectivity index (χ0n) is 16.9. The highest BCUT2D eigenvalue weighted by Gasteiger charge is 2.38. The van der Waals surface area contributed by atoms with Crippen molar-refractivity contribution in [2.75, 3.05) is 18.0 Å². The Morgan fingerprint density at radius 1 is 1.00 bits per heavy atom. The topological polar surface area (TPSA) is 72.6 Å². The number of fused-ring (bicyclic) bond motifs is 1. The molecule has 0 amide bonds. The highest BCUT2D eigenvalue weighted by Crippen LogP contribution is 2.30. The van der Waals surface area contributed by atoms with Gasteiger partial charge in [0.2, 0.25) is 0 Å². The van der Waals surface area contributed by atoms with E-state index in [9.17, 15) is 31.1 Å². The summed E-state index contributed by atoms with van der Waals surface area (Å²) in [6.45, 7) is 0.395. The van der Waals surface area contributed by atoms with E-state index in [4.69, 9.17) is 4.74 Å². The predicted octanol–water partition coefficient (Wildman–Crippen LogP) is 4.12. The fourth-order valence-electron chi connectivity index (χ4n) is 3.58.